The SMILES string of the molecule is CC(C)(C)C(=O)CCC(=O)OCCCCCOC(=O)CCCC(=O)OCCOC(=O)CCCC(=O)OCCCCCOC(=O)CCC(=O)C(C)(C)C. The summed E-state index contributed by atoms with van der Waals surface area (Å²) < 4.78 is 30.5. The van der Waals surface area contributed by atoms with Gasteiger partial charge in [-0.2, -0.15) is 0 Å². The second-order valence-corrected chi connectivity index (χ2v) is 14.5. The maximum absolute atomic E-state index is 11.9. The first kappa shape index (κ1) is 48.2. The van der Waals surface area contributed by atoms with Crippen LogP contribution in [-0.2, 0) is 66.8 Å². The van der Waals surface area contributed by atoms with Crippen molar-refractivity contribution in [3.8, 4) is 0 Å². The van der Waals surface area contributed by atoms with Gasteiger partial charge in [-0.3, -0.25) is 38.4 Å². The average Bonchev–Trinajstić information content (AvgIpc) is 3.06. The van der Waals surface area contributed by atoms with Crippen LogP contribution in [0.4, 0.5) is 0 Å². The Morgan fingerprint density at radius 3 is 0.769 bits per heavy atom. The first-order valence-electron chi connectivity index (χ1n) is 18.4. The van der Waals surface area contributed by atoms with E-state index in [1.165, 1.54) is 0 Å². The van der Waals surface area contributed by atoms with Gasteiger partial charge in [-0.15, -0.1) is 0 Å². The minimum atomic E-state index is -0.533. The van der Waals surface area contributed by atoms with Gasteiger partial charge in [0.05, 0.1) is 39.3 Å². The second kappa shape index (κ2) is 27.8. The minimum absolute atomic E-state index is 0.00630. The topological polar surface area (TPSA) is 192 Å². The Hall–Kier alpha value is -3.84. The van der Waals surface area contributed by atoms with Gasteiger partial charge in [0.15, 0.2) is 0 Å². The van der Waals surface area contributed by atoms with E-state index in [0.29, 0.717) is 38.5 Å². The maximum atomic E-state index is 11.9. The standard InChI is InChI=1S/C38H62O14/c1-37(2,3)29(39)19-21-35(45)49-25-11-7-9-23-47-31(41)15-13-17-33(43)51-27-28-52-34(44)18-14-16-32(42)48-24-10-8-12-26-50-36(46)22-20-30(40)38(4,5)6/h7-28H2,1-6H3. The fourth-order valence-corrected chi connectivity index (χ4v) is 4.19. The van der Waals surface area contributed by atoms with Crippen molar-refractivity contribution in [1.82, 2.24) is 0 Å². The molecule has 0 N–H and O–H groups in total. The highest BCUT2D eigenvalue weighted by atomic mass is 16.6. The quantitative estimate of drug-likeness (QED) is 0.0513. The number of esters is 6. The van der Waals surface area contributed by atoms with Crippen LogP contribution in [0.2, 0.25) is 0 Å². The number of rotatable bonds is 29. The largest absolute Gasteiger partial charge is 0.466 e. The van der Waals surface area contributed by atoms with E-state index >= 15 is 0 Å². The summed E-state index contributed by atoms with van der Waals surface area (Å²) in [6.45, 7) is 11.5. The Bertz CT molecular complexity index is 1040. The van der Waals surface area contributed by atoms with Crippen LogP contribution in [0.3, 0.4) is 0 Å². The number of ether oxygens (including phenoxy) is 6. The van der Waals surface area contributed by atoms with Crippen molar-refractivity contribution in [3.05, 3.63) is 0 Å². The van der Waals surface area contributed by atoms with Crippen LogP contribution >= 0.6 is 0 Å². The molecule has 0 heterocycles. The molecule has 0 fully saturated rings. The fourth-order valence-electron chi connectivity index (χ4n) is 4.19. The highest BCUT2D eigenvalue weighted by molar-refractivity contribution is 5.87. The zero-order valence-electron chi connectivity index (χ0n) is 32.3. The molecule has 0 spiro atoms. The second-order valence-electron chi connectivity index (χ2n) is 14.5. The monoisotopic (exact) mass is 742 g/mol. The van der Waals surface area contributed by atoms with Crippen LogP contribution in [0.5, 0.6) is 0 Å². The van der Waals surface area contributed by atoms with Gasteiger partial charge in [-0.1, -0.05) is 41.5 Å². The van der Waals surface area contributed by atoms with Gasteiger partial charge in [0.2, 0.25) is 0 Å². The highest BCUT2D eigenvalue weighted by Gasteiger charge is 2.23. The van der Waals surface area contributed by atoms with Gasteiger partial charge in [0.25, 0.3) is 0 Å². The van der Waals surface area contributed by atoms with Crippen LogP contribution in [0, 0.1) is 10.8 Å². The normalized spacial score (nSPS) is 11.3. The zero-order chi connectivity index (χ0) is 39.4. The summed E-state index contributed by atoms with van der Waals surface area (Å²) in [5.41, 5.74) is -0.954. The van der Waals surface area contributed by atoms with Crippen molar-refractivity contribution in [2.45, 2.75) is 144 Å². The van der Waals surface area contributed by atoms with Crippen LogP contribution < -0.4 is 0 Å². The summed E-state index contributed by atoms with van der Waals surface area (Å²) in [5, 5.41) is 0. The molecule has 0 aromatic heterocycles. The number of Topliss-reactive ketones (excluding diaryl/α,β-unsaturated/α-hetero) is 2. The minimum Gasteiger partial charge on any atom is -0.466 e. The molecule has 0 aromatic rings. The number of hydrogen-bond donors (Lipinski definition) is 0. The molecule has 0 saturated heterocycles. The maximum Gasteiger partial charge on any atom is 0.306 e. The number of carbonyl (C=O) groups is 8. The van der Waals surface area contributed by atoms with E-state index < -0.39 is 46.6 Å². The summed E-state index contributed by atoms with van der Waals surface area (Å²) >= 11 is 0. The van der Waals surface area contributed by atoms with E-state index in [4.69, 9.17) is 28.4 Å². The summed E-state index contributed by atoms with van der Waals surface area (Å²) in [6, 6.07) is 0. The molecule has 0 rings (SSSR count). The third-order valence-electron chi connectivity index (χ3n) is 7.55. The van der Waals surface area contributed by atoms with E-state index in [1.807, 2.05) is 41.5 Å². The first-order chi connectivity index (χ1) is 24.4. The molecule has 0 bridgehead atoms. The molecule has 298 valence electrons. The highest BCUT2D eigenvalue weighted by Crippen LogP contribution is 2.19. The third kappa shape index (κ3) is 28.8. The Morgan fingerprint density at radius 1 is 0.288 bits per heavy atom. The lowest BCUT2D eigenvalue weighted by Crippen LogP contribution is -2.21. The Kier molecular flexibility index (Phi) is 25.7. The molecule has 0 aliphatic rings. The summed E-state index contributed by atoms with van der Waals surface area (Å²) in [7, 11) is 0. The first-order valence-corrected chi connectivity index (χ1v) is 18.4. The predicted octanol–water partition coefficient (Wildman–Crippen LogP) is 5.72. The summed E-state index contributed by atoms with van der Waals surface area (Å²) in [4.78, 5) is 94.6. The van der Waals surface area contributed by atoms with Gasteiger partial charge in [-0.25, -0.2) is 0 Å². The number of hydrogen-bond acceptors (Lipinski definition) is 14. The smallest absolute Gasteiger partial charge is 0.306 e. The molecular weight excluding hydrogens is 680 g/mol. The van der Waals surface area contributed by atoms with Crippen molar-refractivity contribution >= 4 is 47.4 Å². The zero-order valence-corrected chi connectivity index (χ0v) is 32.3. The summed E-state index contributed by atoms with van der Waals surface area (Å²) in [6.07, 6.45) is 4.89. The van der Waals surface area contributed by atoms with Crippen LogP contribution in [-0.4, -0.2) is 87.0 Å². The lowest BCUT2D eigenvalue weighted by molar-refractivity contribution is -0.153. The van der Waals surface area contributed by atoms with E-state index in [2.05, 4.69) is 0 Å². The van der Waals surface area contributed by atoms with Gasteiger partial charge in [-0.05, 0) is 51.4 Å². The van der Waals surface area contributed by atoms with Crippen molar-refractivity contribution < 1.29 is 66.8 Å². The molecule has 0 aromatic carbocycles. The molecule has 52 heavy (non-hydrogen) atoms. The molecule has 0 aliphatic heterocycles. The lowest BCUT2D eigenvalue weighted by atomic mass is 9.88. The van der Waals surface area contributed by atoms with E-state index in [9.17, 15) is 38.4 Å². The molecule has 0 unspecified atom stereocenters. The number of carbonyl (C=O) groups excluding carboxylic acids is 8. The number of unbranched alkanes of at least 4 members (excludes halogenated alkanes) is 4. The lowest BCUT2D eigenvalue weighted by Gasteiger charge is -2.15. The van der Waals surface area contributed by atoms with Gasteiger partial charge in [0, 0.05) is 49.4 Å². The van der Waals surface area contributed by atoms with Crippen molar-refractivity contribution in [2.24, 2.45) is 10.8 Å². The molecule has 0 saturated carbocycles. The van der Waals surface area contributed by atoms with E-state index in [1.54, 1.807) is 0 Å². The predicted molar refractivity (Wildman–Crippen MR) is 189 cm³/mol. The van der Waals surface area contributed by atoms with Crippen LogP contribution in [0.15, 0.2) is 0 Å². The van der Waals surface area contributed by atoms with Gasteiger partial charge in [0.1, 0.15) is 24.8 Å². The van der Waals surface area contributed by atoms with E-state index in [-0.39, 0.29) is 115 Å². The van der Waals surface area contributed by atoms with Gasteiger partial charge < -0.3 is 28.4 Å². The summed E-state index contributed by atoms with van der Waals surface area (Å²) in [5.74, 6) is -2.71. The average molecular weight is 743 g/mol. The Balaban J connectivity index is 3.65. The van der Waals surface area contributed by atoms with Crippen molar-refractivity contribution in [1.29, 1.82) is 0 Å². The molecule has 0 atom stereocenters. The Labute approximate surface area is 308 Å². The molecule has 0 amide bonds. The molecule has 0 radical (unpaired) electrons. The molecule has 14 nitrogen and oxygen atoms in total. The van der Waals surface area contributed by atoms with E-state index in [0.717, 1.165) is 0 Å². The van der Waals surface area contributed by atoms with Crippen LogP contribution in [0.25, 0.3) is 0 Å². The molecular formula is C38H62O14. The molecule has 0 aliphatic carbocycles. The third-order valence-corrected chi connectivity index (χ3v) is 7.55. The van der Waals surface area contributed by atoms with Gasteiger partial charge >= 0.3 is 35.8 Å². The fraction of sp³-hybridized carbons (Fsp3) is 0.789. The van der Waals surface area contributed by atoms with Crippen molar-refractivity contribution in [3.63, 3.8) is 0 Å². The van der Waals surface area contributed by atoms with Crippen molar-refractivity contribution in [2.75, 3.05) is 39.6 Å². The number of ketones is 2. The Morgan fingerprint density at radius 2 is 0.519 bits per heavy atom. The molecule has 14 heteroatoms. The van der Waals surface area contributed by atoms with Crippen LogP contribution in [0.1, 0.15) is 144 Å².